The van der Waals surface area contributed by atoms with Gasteiger partial charge in [-0.15, -0.1) is 5.10 Å². The monoisotopic (exact) mass is 321 g/mol. The highest BCUT2D eigenvalue weighted by atomic mass is 16.1. The predicted molar refractivity (Wildman–Crippen MR) is 83.4 cm³/mol. The Bertz CT molecular complexity index is 1020. The van der Waals surface area contributed by atoms with Gasteiger partial charge < -0.3 is 5.32 Å². The molecule has 0 saturated carbocycles. The topological polar surface area (TPSA) is 116 Å². The molecule has 4 rings (SSSR count). The second-order valence-electron chi connectivity index (χ2n) is 4.92. The number of nitrogens with one attached hydrogen (secondary N) is 1. The number of aryl methyl sites for hydroxylation is 1. The number of pyridine rings is 1. The van der Waals surface area contributed by atoms with Gasteiger partial charge in [-0.1, -0.05) is 5.21 Å². The summed E-state index contributed by atoms with van der Waals surface area (Å²) in [4.78, 5) is 24.8. The molecule has 0 aliphatic rings. The van der Waals surface area contributed by atoms with E-state index >= 15 is 0 Å². The van der Waals surface area contributed by atoms with Crippen molar-refractivity contribution in [1.29, 1.82) is 0 Å². The van der Waals surface area contributed by atoms with Gasteiger partial charge in [0.05, 0.1) is 23.6 Å². The second kappa shape index (κ2) is 5.50. The van der Waals surface area contributed by atoms with E-state index < -0.39 is 0 Å². The van der Waals surface area contributed by atoms with Gasteiger partial charge in [0.25, 0.3) is 5.91 Å². The highest BCUT2D eigenvalue weighted by molar-refractivity contribution is 6.10. The average Bonchev–Trinajstić information content (AvgIpc) is 3.23. The third-order valence-electron chi connectivity index (χ3n) is 3.33. The molecular weight excluding hydrogens is 310 g/mol. The van der Waals surface area contributed by atoms with Gasteiger partial charge in [-0.2, -0.15) is 5.10 Å². The van der Waals surface area contributed by atoms with Crippen LogP contribution in [0.4, 0.5) is 5.69 Å². The van der Waals surface area contributed by atoms with Gasteiger partial charge in [-0.05, 0) is 12.1 Å². The third kappa shape index (κ3) is 2.35. The highest BCUT2D eigenvalue weighted by Gasteiger charge is 2.15. The molecule has 10 nitrogen and oxygen atoms in total. The summed E-state index contributed by atoms with van der Waals surface area (Å²) in [5, 5.41) is 14.8. The van der Waals surface area contributed by atoms with Crippen LogP contribution in [0.5, 0.6) is 0 Å². The van der Waals surface area contributed by atoms with Crippen molar-refractivity contribution in [3.8, 4) is 5.95 Å². The zero-order valence-corrected chi connectivity index (χ0v) is 12.5. The number of carbonyl (C=O) groups excluding carboxylic acids is 1. The van der Waals surface area contributed by atoms with E-state index in [4.69, 9.17) is 0 Å². The van der Waals surface area contributed by atoms with Crippen molar-refractivity contribution >= 4 is 22.8 Å². The van der Waals surface area contributed by atoms with Gasteiger partial charge >= 0.3 is 0 Å². The van der Waals surface area contributed by atoms with E-state index in [-0.39, 0.29) is 5.91 Å². The summed E-state index contributed by atoms with van der Waals surface area (Å²) in [7, 11) is 1.72. The van der Waals surface area contributed by atoms with Crippen LogP contribution in [0.15, 0.2) is 43.1 Å². The average molecular weight is 321 g/mol. The molecule has 118 valence electrons. The number of rotatable bonds is 3. The van der Waals surface area contributed by atoms with Crippen LogP contribution in [0.1, 0.15) is 10.4 Å². The van der Waals surface area contributed by atoms with Gasteiger partial charge in [0.2, 0.25) is 5.95 Å². The molecule has 1 N–H and O–H groups in total. The lowest BCUT2D eigenvalue weighted by molar-refractivity contribution is 0.102. The van der Waals surface area contributed by atoms with Crippen LogP contribution >= 0.6 is 0 Å². The fourth-order valence-corrected chi connectivity index (χ4v) is 2.22. The summed E-state index contributed by atoms with van der Waals surface area (Å²) in [5.74, 6) is 0.0923. The first kappa shape index (κ1) is 13.9. The normalized spacial score (nSPS) is 10.9. The van der Waals surface area contributed by atoms with E-state index in [9.17, 15) is 4.79 Å². The quantitative estimate of drug-likeness (QED) is 0.587. The van der Waals surface area contributed by atoms with E-state index in [0.717, 1.165) is 0 Å². The van der Waals surface area contributed by atoms with E-state index in [0.29, 0.717) is 28.4 Å². The number of anilines is 1. The molecule has 0 bridgehead atoms. The van der Waals surface area contributed by atoms with Crippen LogP contribution < -0.4 is 5.32 Å². The number of hydrogen-bond donors (Lipinski definition) is 1. The van der Waals surface area contributed by atoms with E-state index in [1.54, 1.807) is 44.0 Å². The molecule has 0 radical (unpaired) electrons. The first-order valence-electron chi connectivity index (χ1n) is 7.00. The zero-order valence-electron chi connectivity index (χ0n) is 12.5. The summed E-state index contributed by atoms with van der Waals surface area (Å²) in [6.07, 6.45) is 7.92. The minimum atomic E-state index is -0.323. The Hall–Kier alpha value is -3.69. The second-order valence-corrected chi connectivity index (χ2v) is 4.92. The molecule has 24 heavy (non-hydrogen) atoms. The van der Waals surface area contributed by atoms with Crippen LogP contribution in [0.2, 0.25) is 0 Å². The Morgan fingerprint density at radius 1 is 1.17 bits per heavy atom. The summed E-state index contributed by atoms with van der Waals surface area (Å²) in [6.45, 7) is 0. The summed E-state index contributed by atoms with van der Waals surface area (Å²) in [6, 6.07) is 3.31. The van der Waals surface area contributed by atoms with Gasteiger partial charge in [0, 0.05) is 25.6 Å². The molecule has 0 spiro atoms. The van der Waals surface area contributed by atoms with Crippen LogP contribution in [0.25, 0.3) is 17.1 Å². The fourth-order valence-electron chi connectivity index (χ4n) is 2.22. The molecule has 10 heteroatoms. The standard InChI is InChI=1S/C14H11N9O/c1-22-12-11(20-21-22)10(3-6-15-12)13(24)19-9-7-18-23(8-9)14-16-4-2-5-17-14/h2-8H,1H3,(H,19,24). The molecular formula is C14H11N9O. The van der Waals surface area contributed by atoms with E-state index in [1.165, 1.54) is 15.6 Å². The maximum absolute atomic E-state index is 12.5. The molecule has 0 unspecified atom stereocenters. The molecule has 0 aromatic carbocycles. The van der Waals surface area contributed by atoms with Crippen molar-refractivity contribution in [3.63, 3.8) is 0 Å². The smallest absolute Gasteiger partial charge is 0.258 e. The molecule has 4 aromatic heterocycles. The maximum Gasteiger partial charge on any atom is 0.258 e. The molecule has 4 aromatic rings. The Morgan fingerprint density at radius 3 is 2.83 bits per heavy atom. The van der Waals surface area contributed by atoms with Gasteiger partial charge in [-0.25, -0.2) is 24.3 Å². The van der Waals surface area contributed by atoms with Gasteiger partial charge in [-0.3, -0.25) is 4.79 Å². The zero-order chi connectivity index (χ0) is 16.5. The molecule has 0 fully saturated rings. The number of aromatic nitrogens is 8. The van der Waals surface area contributed by atoms with Crippen LogP contribution in [0, 0.1) is 0 Å². The Kier molecular flexibility index (Phi) is 3.19. The van der Waals surface area contributed by atoms with Crippen molar-refractivity contribution in [1.82, 2.24) is 39.7 Å². The van der Waals surface area contributed by atoms with Crippen LogP contribution in [-0.2, 0) is 7.05 Å². The lowest BCUT2D eigenvalue weighted by Crippen LogP contribution is -2.12. The lowest BCUT2D eigenvalue weighted by Gasteiger charge is -2.02. The fraction of sp³-hybridized carbons (Fsp3) is 0.0714. The van der Waals surface area contributed by atoms with Crippen molar-refractivity contribution in [2.45, 2.75) is 0 Å². The minimum absolute atomic E-state index is 0.323. The number of amides is 1. The van der Waals surface area contributed by atoms with Crippen molar-refractivity contribution in [2.75, 3.05) is 5.32 Å². The molecule has 0 saturated heterocycles. The molecule has 1 amide bonds. The lowest BCUT2D eigenvalue weighted by atomic mass is 10.2. The van der Waals surface area contributed by atoms with Crippen molar-refractivity contribution in [3.05, 3.63) is 48.7 Å². The predicted octanol–water partition coefficient (Wildman–Crippen LogP) is 0.591. The minimum Gasteiger partial charge on any atom is -0.319 e. The Morgan fingerprint density at radius 2 is 2.00 bits per heavy atom. The molecule has 0 aliphatic carbocycles. The first-order chi connectivity index (χ1) is 11.7. The summed E-state index contributed by atoms with van der Waals surface area (Å²) in [5.41, 5.74) is 1.88. The number of nitrogens with zero attached hydrogens (tertiary/aromatic N) is 8. The highest BCUT2D eigenvalue weighted by Crippen LogP contribution is 2.15. The number of carbonyl (C=O) groups is 1. The van der Waals surface area contributed by atoms with Crippen LogP contribution in [0.3, 0.4) is 0 Å². The summed E-state index contributed by atoms with van der Waals surface area (Å²) >= 11 is 0. The Balaban J connectivity index is 1.61. The van der Waals surface area contributed by atoms with Gasteiger partial charge in [0.15, 0.2) is 5.65 Å². The maximum atomic E-state index is 12.5. The number of hydrogen-bond acceptors (Lipinski definition) is 7. The summed E-state index contributed by atoms with van der Waals surface area (Å²) < 4.78 is 2.98. The van der Waals surface area contributed by atoms with Crippen LogP contribution in [-0.4, -0.2) is 45.6 Å². The van der Waals surface area contributed by atoms with Crippen molar-refractivity contribution in [2.24, 2.45) is 7.05 Å². The SMILES string of the molecule is Cn1nnc2c(C(=O)Nc3cnn(-c4ncccn4)c3)ccnc21. The van der Waals surface area contributed by atoms with Crippen molar-refractivity contribution < 1.29 is 4.79 Å². The van der Waals surface area contributed by atoms with E-state index in [2.05, 4.69) is 35.7 Å². The molecule has 0 aliphatic heterocycles. The number of fused-ring (bicyclic) bond motifs is 1. The third-order valence-corrected chi connectivity index (χ3v) is 3.33. The first-order valence-corrected chi connectivity index (χ1v) is 7.00. The van der Waals surface area contributed by atoms with E-state index in [1.807, 2.05) is 0 Å². The molecule has 0 atom stereocenters. The largest absolute Gasteiger partial charge is 0.319 e. The Labute approximate surface area is 135 Å². The molecule has 4 heterocycles. The van der Waals surface area contributed by atoms with Gasteiger partial charge in [0.1, 0.15) is 5.52 Å².